The Morgan fingerprint density at radius 2 is 2.00 bits per heavy atom. The molecule has 1 aromatic heterocycles. The van der Waals surface area contributed by atoms with Crippen LogP contribution in [-0.4, -0.2) is 24.0 Å². The number of phenols is 1. The summed E-state index contributed by atoms with van der Waals surface area (Å²) in [6.07, 6.45) is 3.08. The molecule has 0 amide bonds. The Balaban J connectivity index is 1.63. The molecule has 0 saturated heterocycles. The highest BCUT2D eigenvalue weighted by molar-refractivity contribution is 6.15. The van der Waals surface area contributed by atoms with Crippen LogP contribution < -0.4 is 14.2 Å². The number of hydrogen-bond acceptors (Lipinski definition) is 7. The standard InChI is InChI=1S/C23H16O7/c1-27-17-6-4-12(9-16(17)24)15-11-20(25)29-18-7-5-14-22(26)19(30-23(14)21(15)18)10-13-3-2-8-28-13/h2-10,15,24H,11H2,1H3/b19-10-. The van der Waals surface area contributed by atoms with E-state index in [9.17, 15) is 14.7 Å². The Hall–Kier alpha value is -4.00. The van der Waals surface area contributed by atoms with Gasteiger partial charge in [-0.2, -0.15) is 0 Å². The van der Waals surface area contributed by atoms with Crippen molar-refractivity contribution in [2.45, 2.75) is 12.3 Å². The summed E-state index contributed by atoms with van der Waals surface area (Å²) in [5.41, 5.74) is 1.65. The molecule has 0 radical (unpaired) electrons. The smallest absolute Gasteiger partial charge is 0.312 e. The number of hydrogen-bond donors (Lipinski definition) is 1. The summed E-state index contributed by atoms with van der Waals surface area (Å²) in [4.78, 5) is 25.1. The number of rotatable bonds is 3. The molecule has 1 N–H and O–H groups in total. The highest BCUT2D eigenvalue weighted by atomic mass is 16.5. The lowest BCUT2D eigenvalue weighted by Gasteiger charge is -2.26. The molecule has 3 aromatic rings. The Labute approximate surface area is 171 Å². The second-order valence-corrected chi connectivity index (χ2v) is 6.97. The number of carbonyl (C=O) groups is 2. The van der Waals surface area contributed by atoms with Gasteiger partial charge in [0.2, 0.25) is 5.78 Å². The fraction of sp³-hybridized carbons (Fsp3) is 0.130. The molecule has 2 aromatic carbocycles. The number of phenolic OH excluding ortho intramolecular Hbond substituents is 1. The fourth-order valence-electron chi connectivity index (χ4n) is 3.82. The van der Waals surface area contributed by atoms with E-state index in [-0.39, 0.29) is 23.7 Å². The van der Waals surface area contributed by atoms with Crippen molar-refractivity contribution in [1.29, 1.82) is 0 Å². The first-order valence-electron chi connectivity index (χ1n) is 9.27. The SMILES string of the molecule is COc1ccc(C2CC(=O)Oc3ccc4c(c32)O/C(=C\c2ccco2)C4=O)cc1O. The Morgan fingerprint density at radius 1 is 1.13 bits per heavy atom. The zero-order valence-corrected chi connectivity index (χ0v) is 15.9. The molecule has 30 heavy (non-hydrogen) atoms. The van der Waals surface area contributed by atoms with Gasteiger partial charge in [0.15, 0.2) is 17.3 Å². The molecule has 7 heteroatoms. The van der Waals surface area contributed by atoms with E-state index >= 15 is 0 Å². The van der Waals surface area contributed by atoms with Gasteiger partial charge in [0.05, 0.1) is 25.4 Å². The molecule has 0 spiro atoms. The Kier molecular flexibility index (Phi) is 4.10. The lowest BCUT2D eigenvalue weighted by Crippen LogP contribution is -2.21. The molecule has 150 valence electrons. The number of benzene rings is 2. The van der Waals surface area contributed by atoms with E-state index in [4.69, 9.17) is 18.6 Å². The van der Waals surface area contributed by atoms with Crippen LogP contribution >= 0.6 is 0 Å². The van der Waals surface area contributed by atoms with Crippen LogP contribution in [0.2, 0.25) is 0 Å². The van der Waals surface area contributed by atoms with E-state index in [1.54, 1.807) is 42.5 Å². The highest BCUT2D eigenvalue weighted by Gasteiger charge is 2.38. The van der Waals surface area contributed by atoms with Crippen molar-refractivity contribution >= 4 is 17.8 Å². The summed E-state index contributed by atoms with van der Waals surface area (Å²) in [5.74, 6) is 0.439. The zero-order chi connectivity index (χ0) is 20.8. The third-order valence-corrected chi connectivity index (χ3v) is 5.20. The monoisotopic (exact) mass is 404 g/mol. The van der Waals surface area contributed by atoms with Gasteiger partial charge in [-0.05, 0) is 42.0 Å². The maximum absolute atomic E-state index is 12.9. The average Bonchev–Trinajstić information content (AvgIpc) is 3.35. The molecule has 0 saturated carbocycles. The number of allylic oxidation sites excluding steroid dienone is 1. The first-order valence-corrected chi connectivity index (χ1v) is 9.27. The van der Waals surface area contributed by atoms with E-state index in [1.165, 1.54) is 19.4 Å². The van der Waals surface area contributed by atoms with Gasteiger partial charge in [0.1, 0.15) is 17.3 Å². The number of aromatic hydroxyl groups is 1. The van der Waals surface area contributed by atoms with Crippen LogP contribution in [0, 0.1) is 0 Å². The van der Waals surface area contributed by atoms with Crippen LogP contribution in [0.3, 0.4) is 0 Å². The van der Waals surface area contributed by atoms with Crippen LogP contribution in [0.25, 0.3) is 6.08 Å². The van der Waals surface area contributed by atoms with Crippen molar-refractivity contribution in [2.75, 3.05) is 7.11 Å². The van der Waals surface area contributed by atoms with Crippen LogP contribution in [-0.2, 0) is 4.79 Å². The largest absolute Gasteiger partial charge is 0.504 e. The minimum Gasteiger partial charge on any atom is -0.504 e. The molecule has 1 unspecified atom stereocenters. The van der Waals surface area contributed by atoms with Gasteiger partial charge in [-0.1, -0.05) is 6.07 Å². The number of carbonyl (C=O) groups excluding carboxylic acids is 2. The number of ether oxygens (including phenoxy) is 3. The van der Waals surface area contributed by atoms with E-state index in [1.807, 2.05) is 0 Å². The van der Waals surface area contributed by atoms with Gasteiger partial charge in [0.25, 0.3) is 0 Å². The number of fused-ring (bicyclic) bond motifs is 3. The predicted octanol–water partition coefficient (Wildman–Crippen LogP) is 4.05. The maximum atomic E-state index is 12.9. The molecular formula is C23H16O7. The van der Waals surface area contributed by atoms with Crippen molar-refractivity contribution in [3.05, 3.63) is 76.9 Å². The van der Waals surface area contributed by atoms with Crippen molar-refractivity contribution < 1.29 is 33.3 Å². The lowest BCUT2D eigenvalue weighted by atomic mass is 9.84. The summed E-state index contributed by atoms with van der Waals surface area (Å²) in [5, 5.41) is 10.2. The molecular weight excluding hydrogens is 388 g/mol. The van der Waals surface area contributed by atoms with Crippen LogP contribution in [0.1, 0.15) is 39.6 Å². The molecule has 2 aliphatic heterocycles. The Bertz CT molecular complexity index is 1200. The Morgan fingerprint density at radius 3 is 2.73 bits per heavy atom. The maximum Gasteiger partial charge on any atom is 0.312 e. The number of methoxy groups -OCH3 is 1. The minimum atomic E-state index is -0.455. The van der Waals surface area contributed by atoms with Crippen LogP contribution in [0.5, 0.6) is 23.0 Å². The van der Waals surface area contributed by atoms with Crippen molar-refractivity contribution in [1.82, 2.24) is 0 Å². The van der Waals surface area contributed by atoms with Crippen molar-refractivity contribution in [2.24, 2.45) is 0 Å². The summed E-state index contributed by atoms with van der Waals surface area (Å²) in [6.45, 7) is 0. The molecule has 1 atom stereocenters. The van der Waals surface area contributed by atoms with Gasteiger partial charge in [-0.25, -0.2) is 0 Å². The van der Waals surface area contributed by atoms with Crippen molar-refractivity contribution in [3.8, 4) is 23.0 Å². The second kappa shape index (κ2) is 6.81. The lowest BCUT2D eigenvalue weighted by molar-refractivity contribution is -0.135. The number of furan rings is 1. The van der Waals surface area contributed by atoms with Crippen molar-refractivity contribution in [3.63, 3.8) is 0 Å². The first kappa shape index (κ1) is 18.1. The molecule has 5 rings (SSSR count). The summed E-state index contributed by atoms with van der Waals surface area (Å²) >= 11 is 0. The average molecular weight is 404 g/mol. The number of ketones is 1. The predicted molar refractivity (Wildman–Crippen MR) is 105 cm³/mol. The molecule has 0 bridgehead atoms. The van der Waals surface area contributed by atoms with E-state index in [2.05, 4.69) is 0 Å². The summed E-state index contributed by atoms with van der Waals surface area (Å²) in [6, 6.07) is 11.5. The zero-order valence-electron chi connectivity index (χ0n) is 15.9. The fourth-order valence-corrected chi connectivity index (χ4v) is 3.82. The topological polar surface area (TPSA) is 95.2 Å². The molecule has 3 heterocycles. The third kappa shape index (κ3) is 2.83. The quantitative estimate of drug-likeness (QED) is 0.400. The normalized spacial score (nSPS) is 18.6. The van der Waals surface area contributed by atoms with Gasteiger partial charge in [-0.3, -0.25) is 9.59 Å². The van der Waals surface area contributed by atoms with Gasteiger partial charge < -0.3 is 23.7 Å². The summed E-state index contributed by atoms with van der Waals surface area (Å²) < 4.78 is 21.7. The van der Waals surface area contributed by atoms with Gasteiger partial charge in [-0.15, -0.1) is 0 Å². The highest BCUT2D eigenvalue weighted by Crippen LogP contribution is 2.49. The van der Waals surface area contributed by atoms with Crippen LogP contribution in [0.4, 0.5) is 0 Å². The van der Waals surface area contributed by atoms with Gasteiger partial charge in [0, 0.05) is 17.6 Å². The molecule has 0 aliphatic carbocycles. The number of Topliss-reactive ketones (excluding diaryl/α,β-unsaturated/α-hetero) is 1. The molecule has 0 fully saturated rings. The molecule has 7 nitrogen and oxygen atoms in total. The van der Waals surface area contributed by atoms with E-state index in [0.29, 0.717) is 39.7 Å². The third-order valence-electron chi connectivity index (χ3n) is 5.20. The summed E-state index contributed by atoms with van der Waals surface area (Å²) in [7, 11) is 1.46. The first-order chi connectivity index (χ1) is 14.5. The second-order valence-electron chi connectivity index (χ2n) is 6.97. The van der Waals surface area contributed by atoms with Crippen LogP contribution in [0.15, 0.2) is 58.9 Å². The van der Waals surface area contributed by atoms with E-state index < -0.39 is 11.9 Å². The minimum absolute atomic E-state index is 0.0431. The molecule has 2 aliphatic rings. The van der Waals surface area contributed by atoms with E-state index in [0.717, 1.165) is 0 Å². The van der Waals surface area contributed by atoms with Gasteiger partial charge >= 0.3 is 5.97 Å². The number of esters is 1.